The van der Waals surface area contributed by atoms with Crippen molar-refractivity contribution in [1.29, 1.82) is 0 Å². The number of carbonyl (C=O) groups excluding carboxylic acids is 1. The van der Waals surface area contributed by atoms with Crippen LogP contribution in [0.4, 0.5) is 14.6 Å². The number of phosphoric acid groups is 2. The van der Waals surface area contributed by atoms with Gasteiger partial charge in [0.25, 0.3) is 13.7 Å². The minimum Gasteiger partial charge on any atom is -0.756 e. The molecule has 45 heavy (non-hydrogen) atoms. The number of halogens is 2. The number of phosphoric ester groups is 2. The molecule has 0 radical (unpaired) electrons. The van der Waals surface area contributed by atoms with Gasteiger partial charge in [0.15, 0.2) is 36.2 Å². The summed E-state index contributed by atoms with van der Waals surface area (Å²) in [5, 5.41) is 30.9. The summed E-state index contributed by atoms with van der Waals surface area (Å²) in [4.78, 5) is 45.3. The standard InChI is InChI=1S/C21H25F2N7O13P2/c22-21(23)15(33)11(42-20(21)29-3-1-2-9(4-29)17(25)34)6-40-45(37,38)43-44(35,36)39-5-10-13(31)14(32)19(41-10)30-8-28-12-16(24)26-7-27-18(12)30/h1-4,7-8,10-11,13-15,19-20,31-33H,5-6H2,(H5-,24,25,26,27,34,35,36,37,38)/t10-,11-,13-,14-,15-,19-,20-/m1/s1. The van der Waals surface area contributed by atoms with Crippen molar-refractivity contribution in [3.8, 4) is 0 Å². The van der Waals surface area contributed by atoms with Crippen molar-refractivity contribution in [3.63, 3.8) is 0 Å². The lowest BCUT2D eigenvalue weighted by atomic mass is 10.1. The van der Waals surface area contributed by atoms with Crippen LogP contribution in [0.5, 0.6) is 0 Å². The van der Waals surface area contributed by atoms with Crippen molar-refractivity contribution >= 4 is 38.5 Å². The monoisotopic (exact) mass is 683 g/mol. The summed E-state index contributed by atoms with van der Waals surface area (Å²) in [6.07, 6.45) is -8.75. The minimum atomic E-state index is -5.80. The Morgan fingerprint density at radius 2 is 1.84 bits per heavy atom. The van der Waals surface area contributed by atoms with Crippen molar-refractivity contribution < 1.29 is 75.2 Å². The normalized spacial score (nSPS) is 30.7. The summed E-state index contributed by atoms with van der Waals surface area (Å²) < 4.78 is 79.7. The fourth-order valence-electron chi connectivity index (χ4n) is 4.57. The molecular weight excluding hydrogens is 658 g/mol. The van der Waals surface area contributed by atoms with Crippen molar-refractivity contribution in [1.82, 2.24) is 19.5 Å². The van der Waals surface area contributed by atoms with Gasteiger partial charge in [0.05, 0.1) is 19.5 Å². The number of amides is 1. The van der Waals surface area contributed by atoms with E-state index in [1.807, 2.05) is 0 Å². The molecule has 8 N–H and O–H groups in total. The number of pyridine rings is 1. The van der Waals surface area contributed by atoms with Crippen LogP contribution >= 0.6 is 15.6 Å². The lowest BCUT2D eigenvalue weighted by Crippen LogP contribution is -2.50. The highest BCUT2D eigenvalue weighted by atomic mass is 31.3. The summed E-state index contributed by atoms with van der Waals surface area (Å²) in [5.41, 5.74) is 11.0. The number of hydrogen-bond acceptors (Lipinski definition) is 16. The lowest BCUT2D eigenvalue weighted by molar-refractivity contribution is -0.775. The molecule has 0 aliphatic carbocycles. The molecule has 5 rings (SSSR count). The third-order valence-corrected chi connectivity index (χ3v) is 9.32. The maximum Gasteiger partial charge on any atom is 0.478 e. The van der Waals surface area contributed by atoms with Gasteiger partial charge in [-0.1, -0.05) is 0 Å². The molecule has 246 valence electrons. The van der Waals surface area contributed by atoms with Gasteiger partial charge < -0.3 is 50.6 Å². The van der Waals surface area contributed by atoms with Crippen LogP contribution in [0.15, 0.2) is 37.2 Å². The quantitative estimate of drug-likeness (QED) is 0.0908. The summed E-state index contributed by atoms with van der Waals surface area (Å²) >= 11 is 0. The van der Waals surface area contributed by atoms with Gasteiger partial charge in [-0.2, -0.15) is 13.3 Å². The van der Waals surface area contributed by atoms with E-state index in [4.69, 9.17) is 20.9 Å². The molecule has 0 bridgehead atoms. The van der Waals surface area contributed by atoms with E-state index in [9.17, 15) is 47.8 Å². The van der Waals surface area contributed by atoms with E-state index >= 15 is 0 Å². The van der Waals surface area contributed by atoms with Crippen molar-refractivity contribution in [2.24, 2.45) is 5.73 Å². The van der Waals surface area contributed by atoms with Gasteiger partial charge in [-0.3, -0.25) is 18.5 Å². The third kappa shape index (κ3) is 6.73. The predicted molar refractivity (Wildman–Crippen MR) is 136 cm³/mol. The van der Waals surface area contributed by atoms with Gasteiger partial charge in [0.1, 0.15) is 41.8 Å². The van der Waals surface area contributed by atoms with Gasteiger partial charge >= 0.3 is 20.0 Å². The average Bonchev–Trinajstić information content (AvgIpc) is 3.59. The number of rotatable bonds is 11. The number of nitrogens with two attached hydrogens (primary N) is 2. The Hall–Kier alpha value is -3.11. The average molecular weight is 683 g/mol. The minimum absolute atomic E-state index is 0.0192. The second-order valence-electron chi connectivity index (χ2n) is 9.77. The molecule has 1 amide bonds. The number of fused-ring (bicyclic) bond motifs is 1. The zero-order valence-corrected chi connectivity index (χ0v) is 24.2. The number of carbonyl (C=O) groups is 1. The van der Waals surface area contributed by atoms with Crippen LogP contribution < -0.4 is 20.9 Å². The van der Waals surface area contributed by atoms with E-state index in [0.717, 1.165) is 23.3 Å². The smallest absolute Gasteiger partial charge is 0.478 e. The Morgan fingerprint density at radius 1 is 1.13 bits per heavy atom. The highest BCUT2D eigenvalue weighted by molar-refractivity contribution is 7.60. The maximum atomic E-state index is 14.8. The molecule has 2 fully saturated rings. The number of nitrogens with zero attached hydrogens (tertiary/aromatic N) is 5. The molecule has 0 saturated carbocycles. The topological polar surface area (TPSA) is 301 Å². The molecule has 2 aliphatic rings. The number of aromatic nitrogens is 5. The number of aliphatic hydroxyl groups is 3. The molecule has 24 heteroatoms. The van der Waals surface area contributed by atoms with Gasteiger partial charge in [-0.15, -0.1) is 0 Å². The third-order valence-electron chi connectivity index (χ3n) is 6.76. The summed E-state index contributed by atoms with van der Waals surface area (Å²) in [6.45, 7) is -2.29. The van der Waals surface area contributed by atoms with E-state index in [1.165, 1.54) is 23.0 Å². The SMILES string of the molecule is NC(=O)c1ccc[n+]([C@@H]2O[C@H](COP(=O)([O-])OP(=O)(O)OC[C@H]3O[C@@H](n4cnc5c(N)ncnc54)[C@H](O)[C@@H]3O)[C@@H](O)C2(F)F)c1. The van der Waals surface area contributed by atoms with Crippen LogP contribution in [0.3, 0.4) is 0 Å². The predicted octanol–water partition coefficient (Wildman–Crippen LogP) is -2.37. The van der Waals surface area contributed by atoms with Crippen LogP contribution in [0.1, 0.15) is 22.8 Å². The Bertz CT molecular complexity index is 1680. The lowest BCUT2D eigenvalue weighted by Gasteiger charge is -2.26. The fourth-order valence-corrected chi connectivity index (χ4v) is 6.62. The number of alkyl halides is 2. The van der Waals surface area contributed by atoms with Gasteiger partial charge in [0.2, 0.25) is 0 Å². The first kappa shape index (κ1) is 33.3. The van der Waals surface area contributed by atoms with E-state index in [2.05, 4.69) is 28.3 Å². The van der Waals surface area contributed by atoms with Crippen LogP contribution in [-0.2, 0) is 32.0 Å². The van der Waals surface area contributed by atoms with Gasteiger partial charge in [-0.25, -0.2) is 23.8 Å². The number of aliphatic hydroxyl groups excluding tert-OH is 3. The number of anilines is 1. The summed E-state index contributed by atoms with van der Waals surface area (Å²) in [6, 6.07) is 2.44. The number of hydrogen-bond donors (Lipinski definition) is 6. The molecule has 2 unspecified atom stereocenters. The zero-order valence-electron chi connectivity index (χ0n) is 22.4. The molecule has 0 spiro atoms. The number of ether oxygens (including phenoxy) is 2. The molecule has 0 aromatic carbocycles. The molecular formula is C21H25F2N7O13P2. The molecule has 3 aromatic heterocycles. The number of imidazole rings is 1. The number of nitrogen functional groups attached to an aromatic ring is 1. The maximum absolute atomic E-state index is 14.8. The second kappa shape index (κ2) is 12.2. The Morgan fingerprint density at radius 3 is 2.56 bits per heavy atom. The van der Waals surface area contributed by atoms with E-state index in [-0.39, 0.29) is 22.5 Å². The summed E-state index contributed by atoms with van der Waals surface area (Å²) in [5.74, 6) is -4.94. The highest BCUT2D eigenvalue weighted by Gasteiger charge is 2.64. The Balaban J connectivity index is 1.18. The van der Waals surface area contributed by atoms with E-state index in [1.54, 1.807) is 0 Å². The van der Waals surface area contributed by atoms with Crippen LogP contribution in [0, 0.1) is 0 Å². The Labute approximate surface area is 249 Å². The van der Waals surface area contributed by atoms with Crippen LogP contribution in [0.2, 0.25) is 0 Å². The largest absolute Gasteiger partial charge is 0.756 e. The molecule has 9 atom stereocenters. The van der Waals surface area contributed by atoms with E-state index < -0.39 is 83.7 Å². The van der Waals surface area contributed by atoms with Crippen molar-refractivity contribution in [2.75, 3.05) is 18.9 Å². The second-order valence-corrected chi connectivity index (χ2v) is 12.8. The van der Waals surface area contributed by atoms with Crippen LogP contribution in [-0.4, -0.2) is 95.3 Å². The molecule has 2 saturated heterocycles. The first-order valence-corrected chi connectivity index (χ1v) is 15.6. The zero-order chi connectivity index (χ0) is 32.9. The first-order chi connectivity index (χ1) is 21.0. The summed E-state index contributed by atoms with van der Waals surface area (Å²) in [7, 11) is -11.3. The molecule has 2 aliphatic heterocycles. The Kier molecular flexibility index (Phi) is 9.05. The highest BCUT2D eigenvalue weighted by Crippen LogP contribution is 2.58. The van der Waals surface area contributed by atoms with Crippen molar-refractivity contribution in [3.05, 3.63) is 42.7 Å². The van der Waals surface area contributed by atoms with E-state index in [0.29, 0.717) is 0 Å². The number of primary amides is 1. The molecule has 5 heterocycles. The first-order valence-electron chi connectivity index (χ1n) is 12.6. The molecule has 3 aromatic rings. The fraction of sp³-hybridized carbons (Fsp3) is 0.476. The van der Waals surface area contributed by atoms with Gasteiger partial charge in [0, 0.05) is 6.07 Å². The van der Waals surface area contributed by atoms with Gasteiger partial charge in [-0.05, 0) is 6.07 Å². The van der Waals surface area contributed by atoms with Crippen molar-refractivity contribution in [2.45, 2.75) is 48.9 Å². The van der Waals surface area contributed by atoms with Crippen LogP contribution in [0.25, 0.3) is 11.2 Å². The molecule has 20 nitrogen and oxygen atoms in total.